The third-order valence-corrected chi connectivity index (χ3v) is 2.67. The van der Waals surface area contributed by atoms with Gasteiger partial charge in [-0.1, -0.05) is 0 Å². The summed E-state index contributed by atoms with van der Waals surface area (Å²) in [6.07, 6.45) is 3.08. The molecule has 1 aromatic heterocycles. The maximum Gasteiger partial charge on any atom is 0.159 e. The minimum atomic E-state index is -0.323. The monoisotopic (exact) mass is 282 g/mol. The number of hydrogen-bond acceptors (Lipinski definition) is 3. The Labute approximate surface area is 100 Å². The second-order valence-electron chi connectivity index (χ2n) is 3.20. The number of nitrogens with zero attached hydrogens (tertiary/aromatic N) is 2. The molecule has 0 aliphatic rings. The molecule has 0 unspecified atom stereocenters. The highest BCUT2D eigenvalue weighted by molar-refractivity contribution is 9.10. The topological polar surface area (TPSA) is 46.0 Å². The first-order chi connectivity index (χ1) is 7.70. The molecular formula is C11H8BrFN2O. The van der Waals surface area contributed by atoms with Gasteiger partial charge in [-0.2, -0.15) is 0 Å². The molecule has 0 bridgehead atoms. The number of halogens is 2. The van der Waals surface area contributed by atoms with Crippen molar-refractivity contribution in [2.24, 2.45) is 0 Å². The number of hydrogen-bond donors (Lipinski definition) is 1. The molecule has 1 N–H and O–H groups in total. The van der Waals surface area contributed by atoms with E-state index in [2.05, 4.69) is 25.9 Å². The fourth-order valence-electron chi connectivity index (χ4n) is 1.22. The average molecular weight is 283 g/mol. The Morgan fingerprint density at radius 3 is 2.50 bits per heavy atom. The molecule has 16 heavy (non-hydrogen) atoms. The molecule has 0 aliphatic carbocycles. The highest BCUT2D eigenvalue weighted by atomic mass is 79.9. The van der Waals surface area contributed by atoms with Crippen LogP contribution in [0.2, 0.25) is 0 Å². The van der Waals surface area contributed by atoms with Crippen LogP contribution in [0.25, 0.3) is 11.4 Å². The summed E-state index contributed by atoms with van der Waals surface area (Å²) in [7, 11) is 0. The molecule has 0 saturated heterocycles. The lowest BCUT2D eigenvalue weighted by Gasteiger charge is -2.02. The van der Waals surface area contributed by atoms with Gasteiger partial charge in [0.1, 0.15) is 5.82 Å². The highest BCUT2D eigenvalue weighted by Gasteiger charge is 2.05. The van der Waals surface area contributed by atoms with Crippen LogP contribution in [0.15, 0.2) is 35.1 Å². The van der Waals surface area contributed by atoms with Gasteiger partial charge in [-0.3, -0.25) is 0 Å². The Bertz CT molecular complexity index is 502. The molecule has 1 heterocycles. The normalized spacial score (nSPS) is 10.4. The molecule has 2 rings (SSSR count). The van der Waals surface area contributed by atoms with Crippen molar-refractivity contribution in [1.29, 1.82) is 0 Å². The lowest BCUT2D eigenvalue weighted by molar-refractivity contribution is 0.281. The maximum absolute atomic E-state index is 13.0. The SMILES string of the molecule is OCc1cnc(-c2ccc(F)c(Br)c2)nc1. The van der Waals surface area contributed by atoms with Gasteiger partial charge in [0, 0.05) is 23.5 Å². The molecule has 0 aliphatic heterocycles. The zero-order valence-corrected chi connectivity index (χ0v) is 9.78. The third-order valence-electron chi connectivity index (χ3n) is 2.07. The van der Waals surface area contributed by atoms with E-state index in [4.69, 9.17) is 5.11 Å². The summed E-state index contributed by atoms with van der Waals surface area (Å²) < 4.78 is 13.4. The first kappa shape index (κ1) is 11.2. The first-order valence-corrected chi connectivity index (χ1v) is 5.37. The van der Waals surface area contributed by atoms with Crippen LogP contribution in [0.1, 0.15) is 5.56 Å². The number of benzene rings is 1. The van der Waals surface area contributed by atoms with Crippen molar-refractivity contribution in [3.8, 4) is 11.4 Å². The van der Waals surface area contributed by atoms with Gasteiger partial charge in [0.05, 0.1) is 11.1 Å². The molecule has 1 aromatic carbocycles. The molecule has 82 valence electrons. The van der Waals surface area contributed by atoms with Crippen LogP contribution < -0.4 is 0 Å². The van der Waals surface area contributed by atoms with Gasteiger partial charge in [-0.25, -0.2) is 14.4 Å². The zero-order chi connectivity index (χ0) is 11.5. The fraction of sp³-hybridized carbons (Fsp3) is 0.0909. The predicted octanol–water partition coefficient (Wildman–Crippen LogP) is 2.54. The first-order valence-electron chi connectivity index (χ1n) is 4.58. The number of aliphatic hydroxyl groups excluding tert-OH is 1. The Kier molecular flexibility index (Phi) is 3.26. The molecule has 2 aromatic rings. The average Bonchev–Trinajstić information content (AvgIpc) is 2.33. The van der Waals surface area contributed by atoms with Crippen LogP contribution in [-0.2, 0) is 6.61 Å². The van der Waals surface area contributed by atoms with Gasteiger partial charge >= 0.3 is 0 Å². The molecule has 0 radical (unpaired) electrons. The number of aliphatic hydroxyl groups is 1. The minimum Gasteiger partial charge on any atom is -0.392 e. The van der Waals surface area contributed by atoms with Crippen LogP contribution in [0.4, 0.5) is 4.39 Å². The summed E-state index contributed by atoms with van der Waals surface area (Å²) in [4.78, 5) is 8.15. The lowest BCUT2D eigenvalue weighted by atomic mass is 10.2. The van der Waals surface area contributed by atoms with Crippen molar-refractivity contribution in [2.75, 3.05) is 0 Å². The van der Waals surface area contributed by atoms with Gasteiger partial charge in [0.2, 0.25) is 0 Å². The van der Waals surface area contributed by atoms with Gasteiger partial charge in [-0.05, 0) is 34.1 Å². The van der Waals surface area contributed by atoms with E-state index in [1.54, 1.807) is 24.5 Å². The van der Waals surface area contributed by atoms with Crippen LogP contribution in [0.3, 0.4) is 0 Å². The second-order valence-corrected chi connectivity index (χ2v) is 4.06. The molecular weight excluding hydrogens is 275 g/mol. The fourth-order valence-corrected chi connectivity index (χ4v) is 1.60. The summed E-state index contributed by atoms with van der Waals surface area (Å²) >= 11 is 3.10. The second kappa shape index (κ2) is 4.67. The molecule has 3 nitrogen and oxygen atoms in total. The summed E-state index contributed by atoms with van der Waals surface area (Å²) in [5.74, 6) is 0.175. The predicted molar refractivity (Wildman–Crippen MR) is 61.0 cm³/mol. The van der Waals surface area contributed by atoms with E-state index in [-0.39, 0.29) is 12.4 Å². The number of aromatic nitrogens is 2. The van der Waals surface area contributed by atoms with Gasteiger partial charge in [0.15, 0.2) is 5.82 Å². The third kappa shape index (κ3) is 2.25. The van der Waals surface area contributed by atoms with Crippen LogP contribution in [-0.4, -0.2) is 15.1 Å². The van der Waals surface area contributed by atoms with E-state index < -0.39 is 0 Å². The quantitative estimate of drug-likeness (QED) is 0.921. The van der Waals surface area contributed by atoms with Crippen molar-refractivity contribution in [2.45, 2.75) is 6.61 Å². The van der Waals surface area contributed by atoms with Gasteiger partial charge in [0.25, 0.3) is 0 Å². The summed E-state index contributed by atoms with van der Waals surface area (Å²) in [6, 6.07) is 4.57. The minimum absolute atomic E-state index is 0.0899. The Morgan fingerprint density at radius 1 is 1.25 bits per heavy atom. The Balaban J connectivity index is 2.38. The maximum atomic E-state index is 13.0. The van der Waals surface area contributed by atoms with E-state index in [1.165, 1.54) is 6.07 Å². The standard InChI is InChI=1S/C11H8BrFN2O/c12-9-3-8(1-2-10(9)13)11-14-4-7(6-16)5-15-11/h1-5,16H,6H2. The van der Waals surface area contributed by atoms with Crippen molar-refractivity contribution < 1.29 is 9.50 Å². The zero-order valence-electron chi connectivity index (χ0n) is 8.19. The van der Waals surface area contributed by atoms with E-state index in [0.29, 0.717) is 15.9 Å². The summed E-state index contributed by atoms with van der Waals surface area (Å²) in [5, 5.41) is 8.84. The molecule has 0 saturated carbocycles. The molecule has 0 fully saturated rings. The van der Waals surface area contributed by atoms with Crippen molar-refractivity contribution in [1.82, 2.24) is 9.97 Å². The van der Waals surface area contributed by atoms with E-state index in [9.17, 15) is 4.39 Å². The molecule has 0 atom stereocenters. The van der Waals surface area contributed by atoms with Crippen molar-refractivity contribution >= 4 is 15.9 Å². The van der Waals surface area contributed by atoms with Crippen molar-refractivity contribution in [3.05, 3.63) is 46.4 Å². The van der Waals surface area contributed by atoms with Crippen LogP contribution >= 0.6 is 15.9 Å². The Morgan fingerprint density at radius 2 is 1.94 bits per heavy atom. The highest BCUT2D eigenvalue weighted by Crippen LogP contribution is 2.22. The van der Waals surface area contributed by atoms with E-state index >= 15 is 0 Å². The largest absolute Gasteiger partial charge is 0.392 e. The molecule has 0 amide bonds. The molecule has 0 spiro atoms. The Hall–Kier alpha value is -1.33. The van der Waals surface area contributed by atoms with Gasteiger partial charge in [-0.15, -0.1) is 0 Å². The van der Waals surface area contributed by atoms with Gasteiger partial charge < -0.3 is 5.11 Å². The summed E-state index contributed by atoms with van der Waals surface area (Å²) in [5.41, 5.74) is 1.36. The van der Waals surface area contributed by atoms with E-state index in [0.717, 1.165) is 5.56 Å². The number of rotatable bonds is 2. The summed E-state index contributed by atoms with van der Waals surface area (Å²) in [6.45, 7) is -0.0899. The molecule has 5 heteroatoms. The van der Waals surface area contributed by atoms with Crippen molar-refractivity contribution in [3.63, 3.8) is 0 Å². The smallest absolute Gasteiger partial charge is 0.159 e. The lowest BCUT2D eigenvalue weighted by Crippen LogP contribution is -1.92. The van der Waals surface area contributed by atoms with E-state index in [1.807, 2.05) is 0 Å². The van der Waals surface area contributed by atoms with Crippen LogP contribution in [0.5, 0.6) is 0 Å². The van der Waals surface area contributed by atoms with Crippen LogP contribution in [0, 0.1) is 5.82 Å².